The van der Waals surface area contributed by atoms with Crippen molar-refractivity contribution in [2.24, 2.45) is 0 Å². The van der Waals surface area contributed by atoms with Crippen LogP contribution in [0.5, 0.6) is 0 Å². The molecule has 1 aromatic carbocycles. The Morgan fingerprint density at radius 3 is 2.75 bits per heavy atom. The highest BCUT2D eigenvalue weighted by Crippen LogP contribution is 2.31. The SMILES string of the molecule is CC(=O)N1Cc2cn(Sc3cnn(CC(F)F)c3)nc2C1.CC1C(=O)Nc2ccccc21. The van der Waals surface area contributed by atoms with Crippen LogP contribution in [0.4, 0.5) is 14.5 Å². The van der Waals surface area contributed by atoms with Crippen LogP contribution in [0.3, 0.4) is 0 Å². The van der Waals surface area contributed by atoms with Gasteiger partial charge < -0.3 is 10.2 Å². The van der Waals surface area contributed by atoms with E-state index < -0.39 is 13.0 Å². The smallest absolute Gasteiger partial charge is 0.257 e. The van der Waals surface area contributed by atoms with E-state index in [-0.39, 0.29) is 17.7 Å². The van der Waals surface area contributed by atoms with E-state index in [9.17, 15) is 18.4 Å². The van der Waals surface area contributed by atoms with Gasteiger partial charge in [0.2, 0.25) is 11.8 Å². The number of anilines is 1. The van der Waals surface area contributed by atoms with Crippen LogP contribution in [0.25, 0.3) is 0 Å². The standard InChI is InChI=1S/C12H13F2N5OS.C9H9NO/c1-8(20)17-3-9-4-19(16-11(9)6-17)21-10-2-15-18(5-10)7-12(13)14;1-6-7-4-2-3-5-8(7)10-9(6)11/h2,4-5,12H,3,6-7H2,1H3;2-6H,1H3,(H,10,11). The molecule has 0 spiro atoms. The zero-order chi connectivity index (χ0) is 22.8. The van der Waals surface area contributed by atoms with Gasteiger partial charge >= 0.3 is 0 Å². The Labute approximate surface area is 187 Å². The molecule has 0 radical (unpaired) electrons. The summed E-state index contributed by atoms with van der Waals surface area (Å²) in [5, 5.41) is 11.1. The quantitative estimate of drug-likeness (QED) is 0.644. The van der Waals surface area contributed by atoms with Gasteiger partial charge in [-0.15, -0.1) is 0 Å². The molecular weight excluding hydrogens is 438 g/mol. The number of rotatable bonds is 4. The molecule has 0 saturated heterocycles. The summed E-state index contributed by atoms with van der Waals surface area (Å²) in [4.78, 5) is 24.9. The number of hydrogen-bond donors (Lipinski definition) is 1. The minimum Gasteiger partial charge on any atom is -0.332 e. The Kier molecular flexibility index (Phi) is 6.26. The van der Waals surface area contributed by atoms with Crippen LogP contribution >= 0.6 is 11.9 Å². The first kappa shape index (κ1) is 22.0. The van der Waals surface area contributed by atoms with Gasteiger partial charge in [-0.3, -0.25) is 14.3 Å². The van der Waals surface area contributed by atoms with Gasteiger partial charge in [0, 0.05) is 49.1 Å². The van der Waals surface area contributed by atoms with Crippen molar-refractivity contribution in [2.75, 3.05) is 5.32 Å². The van der Waals surface area contributed by atoms with Gasteiger partial charge in [-0.05, 0) is 18.6 Å². The van der Waals surface area contributed by atoms with Crippen molar-refractivity contribution >= 4 is 29.4 Å². The maximum absolute atomic E-state index is 12.3. The number of hydrogen-bond acceptors (Lipinski definition) is 5. The van der Waals surface area contributed by atoms with Gasteiger partial charge in [-0.1, -0.05) is 18.2 Å². The van der Waals surface area contributed by atoms with Crippen molar-refractivity contribution < 1.29 is 18.4 Å². The number of nitrogens with zero attached hydrogens (tertiary/aromatic N) is 5. The maximum atomic E-state index is 12.3. The molecule has 168 valence electrons. The van der Waals surface area contributed by atoms with Crippen LogP contribution in [0.1, 0.15) is 36.6 Å². The highest BCUT2D eigenvalue weighted by molar-refractivity contribution is 7.97. The Morgan fingerprint density at radius 1 is 1.28 bits per heavy atom. The van der Waals surface area contributed by atoms with Crippen molar-refractivity contribution in [3.63, 3.8) is 0 Å². The molecule has 3 aromatic rings. The Hall–Kier alpha value is -3.21. The molecule has 0 saturated carbocycles. The topological polar surface area (TPSA) is 85.1 Å². The molecule has 2 aliphatic heterocycles. The first-order valence-corrected chi connectivity index (χ1v) is 10.8. The molecule has 11 heteroatoms. The molecule has 8 nitrogen and oxygen atoms in total. The van der Waals surface area contributed by atoms with E-state index in [1.165, 1.54) is 29.8 Å². The highest BCUT2D eigenvalue weighted by atomic mass is 32.2. The Balaban J connectivity index is 0.000000186. The van der Waals surface area contributed by atoms with Gasteiger partial charge in [0.25, 0.3) is 6.43 Å². The number of benzene rings is 1. The number of halogens is 2. The lowest BCUT2D eigenvalue weighted by Gasteiger charge is -2.11. The van der Waals surface area contributed by atoms with E-state index in [1.54, 1.807) is 15.2 Å². The van der Waals surface area contributed by atoms with Crippen molar-refractivity contribution in [2.45, 2.75) is 50.7 Å². The predicted octanol–water partition coefficient (Wildman–Crippen LogP) is 3.50. The molecule has 1 atom stereocenters. The zero-order valence-corrected chi connectivity index (χ0v) is 18.4. The van der Waals surface area contributed by atoms with Crippen LogP contribution < -0.4 is 5.32 Å². The molecule has 1 unspecified atom stereocenters. The fourth-order valence-corrected chi connectivity index (χ4v) is 4.31. The second kappa shape index (κ2) is 9.11. The first-order chi connectivity index (χ1) is 15.3. The number of alkyl halides is 2. The largest absolute Gasteiger partial charge is 0.332 e. The minimum absolute atomic E-state index is 0.0196. The molecule has 4 heterocycles. The maximum Gasteiger partial charge on any atom is 0.257 e. The Bertz CT molecular complexity index is 1120. The average molecular weight is 461 g/mol. The summed E-state index contributed by atoms with van der Waals surface area (Å²) in [5.74, 6) is 0.151. The van der Waals surface area contributed by atoms with Crippen LogP contribution in [0.2, 0.25) is 0 Å². The number of aromatic nitrogens is 4. The van der Waals surface area contributed by atoms with Gasteiger partial charge in [0.15, 0.2) is 0 Å². The van der Waals surface area contributed by atoms with Crippen LogP contribution in [-0.4, -0.2) is 42.1 Å². The molecule has 2 aromatic heterocycles. The summed E-state index contributed by atoms with van der Waals surface area (Å²) in [6.45, 7) is 4.12. The van der Waals surface area contributed by atoms with E-state index >= 15 is 0 Å². The summed E-state index contributed by atoms with van der Waals surface area (Å²) < 4.78 is 27.4. The molecular formula is C21H22F2N6O2S. The number of carbonyl (C=O) groups excluding carboxylic acids is 2. The zero-order valence-electron chi connectivity index (χ0n) is 17.5. The fraction of sp³-hybridized carbons (Fsp3) is 0.333. The normalized spacial score (nSPS) is 16.5. The second-order valence-electron chi connectivity index (χ2n) is 7.56. The molecule has 2 amide bonds. The summed E-state index contributed by atoms with van der Waals surface area (Å²) >= 11 is 1.30. The van der Waals surface area contributed by atoms with Gasteiger partial charge in [-0.25, -0.2) is 12.9 Å². The first-order valence-electron chi connectivity index (χ1n) is 10.0. The minimum atomic E-state index is -2.42. The molecule has 1 N–H and O–H groups in total. The van der Waals surface area contributed by atoms with E-state index in [0.29, 0.717) is 13.1 Å². The Morgan fingerprint density at radius 2 is 2.06 bits per heavy atom. The van der Waals surface area contributed by atoms with Crippen LogP contribution in [0.15, 0.2) is 47.8 Å². The fourth-order valence-electron chi connectivity index (χ4n) is 3.51. The lowest BCUT2D eigenvalue weighted by Crippen LogP contribution is -2.22. The van der Waals surface area contributed by atoms with Crippen LogP contribution in [-0.2, 0) is 29.2 Å². The number of para-hydroxylation sites is 1. The van der Waals surface area contributed by atoms with Gasteiger partial charge in [0.05, 0.1) is 29.2 Å². The van der Waals surface area contributed by atoms with Crippen LogP contribution in [0, 0.1) is 0 Å². The van der Waals surface area contributed by atoms with E-state index in [0.717, 1.165) is 27.4 Å². The van der Waals surface area contributed by atoms with Crippen molar-refractivity contribution in [3.8, 4) is 0 Å². The average Bonchev–Trinajstić information content (AvgIpc) is 3.47. The molecule has 5 rings (SSSR count). The summed E-state index contributed by atoms with van der Waals surface area (Å²) in [5.41, 5.74) is 3.96. The lowest BCUT2D eigenvalue weighted by atomic mass is 10.0. The van der Waals surface area contributed by atoms with E-state index in [2.05, 4.69) is 15.5 Å². The van der Waals surface area contributed by atoms with Crippen molar-refractivity contribution in [1.29, 1.82) is 0 Å². The molecule has 2 aliphatic rings. The van der Waals surface area contributed by atoms with E-state index in [4.69, 9.17) is 0 Å². The number of fused-ring (bicyclic) bond motifs is 2. The molecule has 0 bridgehead atoms. The van der Waals surface area contributed by atoms with E-state index in [1.807, 2.05) is 37.4 Å². The van der Waals surface area contributed by atoms with Gasteiger partial charge in [0.1, 0.15) is 6.54 Å². The van der Waals surface area contributed by atoms with Crippen molar-refractivity contribution in [1.82, 2.24) is 23.9 Å². The second-order valence-corrected chi connectivity index (χ2v) is 8.59. The molecule has 0 aliphatic carbocycles. The molecule has 0 fully saturated rings. The monoisotopic (exact) mass is 460 g/mol. The summed E-state index contributed by atoms with van der Waals surface area (Å²) in [6.07, 6.45) is 2.52. The predicted molar refractivity (Wildman–Crippen MR) is 115 cm³/mol. The number of carbonyl (C=O) groups is 2. The van der Waals surface area contributed by atoms with Gasteiger partial charge in [-0.2, -0.15) is 10.2 Å². The highest BCUT2D eigenvalue weighted by Gasteiger charge is 2.25. The molecule has 32 heavy (non-hydrogen) atoms. The number of nitrogens with one attached hydrogen (secondary N) is 1. The van der Waals surface area contributed by atoms with Crippen molar-refractivity contribution in [3.05, 3.63) is 59.7 Å². The third-order valence-electron chi connectivity index (χ3n) is 5.22. The lowest BCUT2D eigenvalue weighted by molar-refractivity contribution is -0.129. The number of amides is 2. The third kappa shape index (κ3) is 4.82. The summed E-state index contributed by atoms with van der Waals surface area (Å²) in [6, 6.07) is 7.79. The summed E-state index contributed by atoms with van der Waals surface area (Å²) in [7, 11) is 0. The third-order valence-corrected chi connectivity index (χ3v) is 6.01.